The fourth-order valence-electron chi connectivity index (χ4n) is 1.69. The SMILES string of the molecule is CCC[C@@H](O)CNS(=O)(=O)Cc1ccccc1C. The van der Waals surface area contributed by atoms with Crippen molar-refractivity contribution < 1.29 is 13.5 Å². The van der Waals surface area contributed by atoms with Crippen molar-refractivity contribution in [3.05, 3.63) is 35.4 Å². The molecule has 0 unspecified atom stereocenters. The molecule has 0 fully saturated rings. The minimum Gasteiger partial charge on any atom is -0.392 e. The Morgan fingerprint density at radius 2 is 2.00 bits per heavy atom. The summed E-state index contributed by atoms with van der Waals surface area (Å²) in [7, 11) is -3.38. The number of benzene rings is 1. The highest BCUT2D eigenvalue weighted by atomic mass is 32.2. The van der Waals surface area contributed by atoms with E-state index >= 15 is 0 Å². The first-order chi connectivity index (χ1) is 8.44. The molecule has 1 atom stereocenters. The second-order valence-corrected chi connectivity index (χ2v) is 6.28. The number of hydrogen-bond acceptors (Lipinski definition) is 3. The molecule has 0 saturated carbocycles. The Labute approximate surface area is 109 Å². The zero-order valence-electron chi connectivity index (χ0n) is 10.9. The summed E-state index contributed by atoms with van der Waals surface area (Å²) in [5.41, 5.74) is 1.74. The first-order valence-electron chi connectivity index (χ1n) is 6.14. The van der Waals surface area contributed by atoms with E-state index in [0.29, 0.717) is 6.42 Å². The predicted molar refractivity (Wildman–Crippen MR) is 72.7 cm³/mol. The van der Waals surface area contributed by atoms with E-state index in [1.807, 2.05) is 32.0 Å². The van der Waals surface area contributed by atoms with Gasteiger partial charge >= 0.3 is 0 Å². The Bertz CT molecular complexity index is 471. The second kappa shape index (κ2) is 6.87. The first-order valence-corrected chi connectivity index (χ1v) is 7.79. The van der Waals surface area contributed by atoms with Crippen molar-refractivity contribution in [3.63, 3.8) is 0 Å². The molecule has 1 rings (SSSR count). The molecule has 4 nitrogen and oxygen atoms in total. The van der Waals surface area contributed by atoms with Crippen LogP contribution in [0.3, 0.4) is 0 Å². The molecular weight excluding hydrogens is 250 g/mol. The van der Waals surface area contributed by atoms with Gasteiger partial charge in [-0.3, -0.25) is 0 Å². The molecule has 1 aromatic carbocycles. The number of hydrogen-bond donors (Lipinski definition) is 2. The molecular formula is C13H21NO3S. The summed E-state index contributed by atoms with van der Waals surface area (Å²) >= 11 is 0. The standard InChI is InChI=1S/C13H21NO3S/c1-3-6-13(15)9-14-18(16,17)10-12-8-5-4-7-11(12)2/h4-5,7-8,13-15H,3,6,9-10H2,1-2H3/t13-/m1/s1. The van der Waals surface area contributed by atoms with Gasteiger partial charge in [0.2, 0.25) is 10.0 Å². The van der Waals surface area contributed by atoms with Gasteiger partial charge in [-0.05, 0) is 24.5 Å². The maximum atomic E-state index is 11.8. The van der Waals surface area contributed by atoms with Crippen molar-refractivity contribution in [1.82, 2.24) is 4.72 Å². The van der Waals surface area contributed by atoms with Crippen LogP contribution in [0.4, 0.5) is 0 Å². The zero-order chi connectivity index (χ0) is 13.6. The molecule has 5 heteroatoms. The highest BCUT2D eigenvalue weighted by Gasteiger charge is 2.14. The monoisotopic (exact) mass is 271 g/mol. The van der Waals surface area contributed by atoms with Crippen LogP contribution in [0.5, 0.6) is 0 Å². The number of aryl methyl sites for hydroxylation is 1. The summed E-state index contributed by atoms with van der Waals surface area (Å²) in [6, 6.07) is 7.39. The van der Waals surface area contributed by atoms with Gasteiger partial charge < -0.3 is 5.11 Å². The van der Waals surface area contributed by atoms with E-state index in [1.54, 1.807) is 6.07 Å². The maximum Gasteiger partial charge on any atom is 0.215 e. The molecule has 0 bridgehead atoms. The summed E-state index contributed by atoms with van der Waals surface area (Å²) in [5.74, 6) is -0.0431. The number of aliphatic hydroxyl groups is 1. The topological polar surface area (TPSA) is 66.4 Å². The van der Waals surface area contributed by atoms with Gasteiger partial charge in [-0.15, -0.1) is 0 Å². The van der Waals surface area contributed by atoms with Crippen molar-refractivity contribution >= 4 is 10.0 Å². The zero-order valence-corrected chi connectivity index (χ0v) is 11.7. The molecule has 0 saturated heterocycles. The Balaban J connectivity index is 2.58. The fourth-order valence-corrected chi connectivity index (χ4v) is 2.97. The lowest BCUT2D eigenvalue weighted by molar-refractivity contribution is 0.167. The minimum atomic E-state index is -3.38. The van der Waals surface area contributed by atoms with Crippen LogP contribution in [0.15, 0.2) is 24.3 Å². The van der Waals surface area contributed by atoms with Gasteiger partial charge in [0.05, 0.1) is 11.9 Å². The van der Waals surface area contributed by atoms with Gasteiger partial charge in [0.25, 0.3) is 0 Å². The van der Waals surface area contributed by atoms with Crippen LogP contribution in [0.2, 0.25) is 0 Å². The van der Waals surface area contributed by atoms with E-state index < -0.39 is 16.1 Å². The molecule has 102 valence electrons. The Hall–Kier alpha value is -0.910. The van der Waals surface area contributed by atoms with E-state index in [0.717, 1.165) is 17.5 Å². The molecule has 0 aliphatic rings. The van der Waals surface area contributed by atoms with Crippen molar-refractivity contribution in [1.29, 1.82) is 0 Å². The van der Waals surface area contributed by atoms with Crippen LogP contribution in [0.25, 0.3) is 0 Å². The third-order valence-electron chi connectivity index (χ3n) is 2.77. The largest absolute Gasteiger partial charge is 0.392 e. The number of sulfonamides is 1. The highest BCUT2D eigenvalue weighted by Crippen LogP contribution is 2.10. The van der Waals surface area contributed by atoms with Crippen LogP contribution in [-0.2, 0) is 15.8 Å². The maximum absolute atomic E-state index is 11.8. The molecule has 1 aromatic rings. The summed E-state index contributed by atoms with van der Waals surface area (Å²) < 4.78 is 26.1. The predicted octanol–water partition coefficient (Wildman–Crippen LogP) is 1.58. The second-order valence-electron chi connectivity index (χ2n) is 4.48. The van der Waals surface area contributed by atoms with Gasteiger partial charge in [0.15, 0.2) is 0 Å². The third-order valence-corrected chi connectivity index (χ3v) is 4.07. The van der Waals surface area contributed by atoms with Gasteiger partial charge in [0, 0.05) is 6.54 Å². The molecule has 0 heterocycles. The van der Waals surface area contributed by atoms with E-state index in [-0.39, 0.29) is 12.3 Å². The van der Waals surface area contributed by atoms with Crippen molar-refractivity contribution in [3.8, 4) is 0 Å². The molecule has 0 amide bonds. The molecule has 0 radical (unpaired) electrons. The van der Waals surface area contributed by atoms with Crippen molar-refractivity contribution in [2.24, 2.45) is 0 Å². The van der Waals surface area contributed by atoms with Crippen molar-refractivity contribution in [2.75, 3.05) is 6.54 Å². The smallest absolute Gasteiger partial charge is 0.215 e. The number of nitrogens with one attached hydrogen (secondary N) is 1. The lowest BCUT2D eigenvalue weighted by Gasteiger charge is -2.12. The Morgan fingerprint density at radius 1 is 1.33 bits per heavy atom. The summed E-state index contributed by atoms with van der Waals surface area (Å²) in [6.07, 6.45) is 0.828. The normalized spacial score (nSPS) is 13.5. The Kier molecular flexibility index (Phi) is 5.78. The van der Waals surface area contributed by atoms with Gasteiger partial charge in [-0.25, -0.2) is 13.1 Å². The van der Waals surface area contributed by atoms with E-state index in [1.165, 1.54) is 0 Å². The average Bonchev–Trinajstić information content (AvgIpc) is 2.30. The molecule has 18 heavy (non-hydrogen) atoms. The first kappa shape index (κ1) is 15.1. The molecule has 2 N–H and O–H groups in total. The van der Waals surface area contributed by atoms with E-state index in [4.69, 9.17) is 0 Å². The number of aliphatic hydroxyl groups excluding tert-OH is 1. The lowest BCUT2D eigenvalue weighted by Crippen LogP contribution is -2.33. The fraction of sp³-hybridized carbons (Fsp3) is 0.538. The van der Waals surface area contributed by atoms with Crippen LogP contribution in [-0.4, -0.2) is 26.2 Å². The minimum absolute atomic E-state index is 0.0431. The lowest BCUT2D eigenvalue weighted by atomic mass is 10.1. The number of rotatable bonds is 7. The average molecular weight is 271 g/mol. The summed E-state index contributed by atoms with van der Waals surface area (Å²) in [5, 5.41) is 9.51. The van der Waals surface area contributed by atoms with Crippen molar-refractivity contribution in [2.45, 2.75) is 38.5 Å². The van der Waals surface area contributed by atoms with Gasteiger partial charge in [-0.2, -0.15) is 0 Å². The quantitative estimate of drug-likeness (QED) is 0.791. The molecule has 0 aromatic heterocycles. The van der Waals surface area contributed by atoms with E-state index in [9.17, 15) is 13.5 Å². The van der Waals surface area contributed by atoms with Crippen LogP contribution in [0.1, 0.15) is 30.9 Å². The van der Waals surface area contributed by atoms with Crippen LogP contribution >= 0.6 is 0 Å². The van der Waals surface area contributed by atoms with E-state index in [2.05, 4.69) is 4.72 Å². The molecule has 0 aliphatic carbocycles. The molecule has 0 spiro atoms. The van der Waals surface area contributed by atoms with Crippen LogP contribution < -0.4 is 4.72 Å². The molecule has 0 aliphatic heterocycles. The summed E-state index contributed by atoms with van der Waals surface area (Å²) in [4.78, 5) is 0. The summed E-state index contributed by atoms with van der Waals surface area (Å²) in [6.45, 7) is 3.92. The van der Waals surface area contributed by atoms with Gasteiger partial charge in [-0.1, -0.05) is 37.6 Å². The Morgan fingerprint density at radius 3 is 2.61 bits per heavy atom. The van der Waals surface area contributed by atoms with Crippen LogP contribution in [0, 0.1) is 6.92 Å². The third kappa shape index (κ3) is 5.16. The van der Waals surface area contributed by atoms with Gasteiger partial charge in [0.1, 0.15) is 0 Å². The highest BCUT2D eigenvalue weighted by molar-refractivity contribution is 7.88.